The van der Waals surface area contributed by atoms with Crippen molar-refractivity contribution >= 4 is 22.8 Å². The van der Waals surface area contributed by atoms with Crippen molar-refractivity contribution in [1.82, 2.24) is 15.0 Å². The Bertz CT molecular complexity index is 603. The van der Waals surface area contributed by atoms with Gasteiger partial charge < -0.3 is 9.88 Å². The molecule has 2 N–H and O–H groups in total. The number of aromatic nitrogens is 3. The molecule has 0 bridgehead atoms. The first kappa shape index (κ1) is 15.0. The van der Waals surface area contributed by atoms with Crippen LogP contribution in [0, 0.1) is 0 Å². The minimum absolute atomic E-state index is 0. The van der Waals surface area contributed by atoms with E-state index >= 15 is 0 Å². The first-order chi connectivity index (χ1) is 8.58. The lowest BCUT2D eigenvalue weighted by Crippen LogP contribution is -3.00. The molecule has 2 aromatic heterocycles. The van der Waals surface area contributed by atoms with Crippen molar-refractivity contribution in [1.29, 1.82) is 0 Å². The Morgan fingerprint density at radius 2 is 2.05 bits per heavy atom. The highest BCUT2D eigenvalue weighted by Crippen LogP contribution is 2.18. The van der Waals surface area contributed by atoms with E-state index in [1.54, 1.807) is 6.33 Å². The van der Waals surface area contributed by atoms with Gasteiger partial charge in [0.1, 0.15) is 37.8 Å². The fourth-order valence-electron chi connectivity index (χ4n) is 1.86. The number of aromatic amines is 1. The number of hydrogen-bond donors (Lipinski definition) is 2. The van der Waals surface area contributed by atoms with Gasteiger partial charge in [0.05, 0.1) is 19.8 Å². The molecule has 2 rings (SSSR count). The van der Waals surface area contributed by atoms with Gasteiger partial charge in [-0.15, -0.1) is 0 Å². The fourth-order valence-corrected chi connectivity index (χ4v) is 1.86. The van der Waals surface area contributed by atoms with Crippen LogP contribution in [-0.2, 0) is 0 Å². The molecule has 0 atom stereocenters. The predicted molar refractivity (Wildman–Crippen MR) is 79.6 cm³/mol. The van der Waals surface area contributed by atoms with Crippen molar-refractivity contribution in [3.8, 4) is 0 Å². The summed E-state index contributed by atoms with van der Waals surface area (Å²) in [5.41, 5.74) is 2.91. The second kappa shape index (κ2) is 6.24. The van der Waals surface area contributed by atoms with Crippen LogP contribution in [-0.4, -0.2) is 53.9 Å². The van der Waals surface area contributed by atoms with Crippen LogP contribution in [0.1, 0.15) is 13.1 Å². The maximum atomic E-state index is 4.41. The first-order valence-corrected chi connectivity index (χ1v) is 5.89. The van der Waals surface area contributed by atoms with Crippen molar-refractivity contribution in [2.45, 2.75) is 7.43 Å². The molecule has 5 nitrogen and oxygen atoms in total. The van der Waals surface area contributed by atoms with E-state index in [1.165, 1.54) is 4.90 Å². The van der Waals surface area contributed by atoms with Crippen LogP contribution in [0.15, 0.2) is 24.8 Å². The third-order valence-corrected chi connectivity index (χ3v) is 2.47. The van der Waals surface area contributed by atoms with Crippen LogP contribution >= 0.6 is 0 Å². The number of nitrogens with one attached hydrogen (secondary N) is 2. The number of quaternary nitrogens is 1. The summed E-state index contributed by atoms with van der Waals surface area (Å²) in [6, 6.07) is 2.01. The molecule has 0 saturated carbocycles. The van der Waals surface area contributed by atoms with Gasteiger partial charge in [-0.1, -0.05) is 7.43 Å². The number of nitrogens with zero attached hydrogens (tertiary/aromatic N) is 3. The smallest absolute Gasteiger partial charge is 0.177 e. The molecule has 0 aromatic carbocycles. The Balaban J connectivity index is 0.00000180. The molecule has 0 saturated heterocycles. The van der Waals surface area contributed by atoms with Crippen molar-refractivity contribution in [2.24, 2.45) is 0 Å². The first-order valence-electron chi connectivity index (χ1n) is 5.89. The van der Waals surface area contributed by atoms with Gasteiger partial charge in [-0.25, -0.2) is 14.5 Å². The summed E-state index contributed by atoms with van der Waals surface area (Å²) in [4.78, 5) is 13.0. The highest BCUT2D eigenvalue weighted by molar-refractivity contribution is 6.10. The van der Waals surface area contributed by atoms with Gasteiger partial charge in [0.25, 0.3) is 0 Å². The Morgan fingerprint density at radius 1 is 1.32 bits per heavy atom. The molecule has 0 aliphatic heterocycles. The lowest BCUT2D eigenvalue weighted by Gasteiger charge is -2.04. The Labute approximate surface area is 114 Å². The summed E-state index contributed by atoms with van der Waals surface area (Å²) >= 11 is 0. The van der Waals surface area contributed by atoms with E-state index in [1.807, 2.05) is 30.9 Å². The third kappa shape index (κ3) is 3.48. The fraction of sp³-hybridized carbons (Fsp3) is 0.357. The normalized spacial score (nSPS) is 11.5. The van der Waals surface area contributed by atoms with Crippen LogP contribution in [0.25, 0.3) is 16.6 Å². The zero-order valence-electron chi connectivity index (χ0n) is 11.2. The van der Waals surface area contributed by atoms with Gasteiger partial charge in [0.15, 0.2) is 6.21 Å². The largest absolute Gasteiger partial charge is 0.346 e. The second-order valence-electron chi connectivity index (χ2n) is 4.73. The summed E-state index contributed by atoms with van der Waals surface area (Å²) in [5, 5.41) is 1.04. The zero-order valence-corrected chi connectivity index (χ0v) is 11.2. The molecule has 0 radical (unpaired) electrons. The van der Waals surface area contributed by atoms with Crippen LogP contribution in [0.3, 0.4) is 0 Å². The summed E-state index contributed by atoms with van der Waals surface area (Å²) in [7, 11) is 8.18. The molecular weight excluding hydrogens is 238 g/mol. The number of fused-ring (bicyclic) bond motifs is 1. The molecule has 2 heterocycles. The SMILES string of the molecule is C.C[N+](C)=C/C(=C/[NH+](C)C)c1ncnc2[nH]ccc12. The molecule has 0 amide bonds. The standard InChI is InChI=1S/C13H18N5.CH4/c1-17(2)7-10(8-18(3)4)12-11-5-6-14-13(11)16-9-15-12;/h5-9H,1-4H3,(H,14,15,16);1H4/q+1;/p+1. The molecule has 0 aliphatic carbocycles. The van der Waals surface area contributed by atoms with E-state index in [-0.39, 0.29) is 7.43 Å². The van der Waals surface area contributed by atoms with E-state index in [4.69, 9.17) is 0 Å². The van der Waals surface area contributed by atoms with Crippen LogP contribution in [0.5, 0.6) is 0 Å². The molecule has 0 unspecified atom stereocenters. The Morgan fingerprint density at radius 3 is 2.68 bits per heavy atom. The van der Waals surface area contributed by atoms with Crippen LogP contribution in [0.4, 0.5) is 0 Å². The quantitative estimate of drug-likeness (QED) is 0.621. The average molecular weight is 261 g/mol. The van der Waals surface area contributed by atoms with Crippen LogP contribution < -0.4 is 4.90 Å². The monoisotopic (exact) mass is 261 g/mol. The average Bonchev–Trinajstić information content (AvgIpc) is 2.74. The number of H-pyrrole nitrogens is 1. The predicted octanol–water partition coefficient (Wildman–Crippen LogP) is 0.422. The molecule has 0 spiro atoms. The molecule has 5 heteroatoms. The van der Waals surface area contributed by atoms with Crippen LogP contribution in [0.2, 0.25) is 0 Å². The maximum absolute atomic E-state index is 4.41. The number of allylic oxidation sites excluding steroid dienone is 1. The third-order valence-electron chi connectivity index (χ3n) is 2.47. The number of hydrogen-bond acceptors (Lipinski definition) is 2. The summed E-state index contributed by atoms with van der Waals surface area (Å²) in [6.45, 7) is 0. The van der Waals surface area contributed by atoms with Gasteiger partial charge in [-0.05, 0) is 6.07 Å². The van der Waals surface area contributed by atoms with E-state index in [0.29, 0.717) is 0 Å². The van der Waals surface area contributed by atoms with Crippen molar-refractivity contribution in [3.05, 3.63) is 30.5 Å². The summed E-state index contributed by atoms with van der Waals surface area (Å²) in [5.74, 6) is 0. The maximum Gasteiger partial charge on any atom is 0.177 e. The zero-order chi connectivity index (χ0) is 13.1. The molecule has 19 heavy (non-hydrogen) atoms. The van der Waals surface area contributed by atoms with Gasteiger partial charge in [0, 0.05) is 11.6 Å². The second-order valence-corrected chi connectivity index (χ2v) is 4.73. The lowest BCUT2D eigenvalue weighted by atomic mass is 10.1. The lowest BCUT2D eigenvalue weighted by molar-refractivity contribution is -0.800. The molecule has 102 valence electrons. The minimum Gasteiger partial charge on any atom is -0.346 e. The van der Waals surface area contributed by atoms with Crippen molar-refractivity contribution < 1.29 is 9.48 Å². The molecular formula is C14H23N5+2. The van der Waals surface area contributed by atoms with E-state index in [0.717, 1.165) is 22.3 Å². The van der Waals surface area contributed by atoms with Gasteiger partial charge in [0.2, 0.25) is 0 Å². The highest BCUT2D eigenvalue weighted by Gasteiger charge is 2.12. The topological polar surface area (TPSA) is 49.0 Å². The highest BCUT2D eigenvalue weighted by atomic mass is 15.0. The number of rotatable bonds is 3. The van der Waals surface area contributed by atoms with E-state index in [2.05, 4.69) is 41.5 Å². The van der Waals surface area contributed by atoms with Gasteiger partial charge >= 0.3 is 0 Å². The Kier molecular flexibility index (Phi) is 4.94. The molecule has 0 aliphatic rings. The molecule has 2 aromatic rings. The summed E-state index contributed by atoms with van der Waals surface area (Å²) in [6.07, 6.45) is 7.69. The van der Waals surface area contributed by atoms with E-state index in [9.17, 15) is 0 Å². The van der Waals surface area contributed by atoms with Gasteiger partial charge in [-0.3, -0.25) is 0 Å². The van der Waals surface area contributed by atoms with Gasteiger partial charge in [-0.2, -0.15) is 0 Å². The van der Waals surface area contributed by atoms with E-state index < -0.39 is 0 Å². The Hall–Kier alpha value is -2.01. The summed E-state index contributed by atoms with van der Waals surface area (Å²) < 4.78 is 2.02. The minimum atomic E-state index is 0. The van der Waals surface area contributed by atoms with Crippen molar-refractivity contribution in [3.63, 3.8) is 0 Å². The molecule has 0 fully saturated rings. The van der Waals surface area contributed by atoms with Crippen molar-refractivity contribution in [2.75, 3.05) is 28.2 Å².